The Bertz CT molecular complexity index is 459. The van der Waals surface area contributed by atoms with Gasteiger partial charge in [-0.15, -0.1) is 0 Å². The third-order valence-electron chi connectivity index (χ3n) is 2.22. The zero-order chi connectivity index (χ0) is 14.3. The summed E-state index contributed by atoms with van der Waals surface area (Å²) in [5, 5.41) is 19.5. The lowest BCUT2D eigenvalue weighted by atomic mass is 10.1. The van der Waals surface area contributed by atoms with E-state index in [4.69, 9.17) is 14.9 Å². The number of carboxylic acid groups (broad SMARTS) is 2. The summed E-state index contributed by atoms with van der Waals surface area (Å²) in [4.78, 5) is 32.5. The first-order valence-electron chi connectivity index (χ1n) is 5.44. The Morgan fingerprint density at radius 3 is 2.32 bits per heavy atom. The number of ether oxygens (including phenoxy) is 1. The second kappa shape index (κ2) is 7.00. The summed E-state index contributed by atoms with van der Waals surface area (Å²) in [7, 11) is 0. The summed E-state index contributed by atoms with van der Waals surface area (Å²) in [6, 6.07) is 8.22. The van der Waals surface area contributed by atoms with E-state index in [1.54, 1.807) is 30.3 Å². The standard InChI is InChI=1S/C12H13NO6/c14-10(15)6-8(11(16)17)7-13-12(18)19-9-4-2-1-3-5-9/h1-5,8H,6-7H2,(H,13,18)(H,14,15)(H,16,17). The van der Waals surface area contributed by atoms with Crippen molar-refractivity contribution >= 4 is 18.0 Å². The molecule has 7 nitrogen and oxygen atoms in total. The van der Waals surface area contributed by atoms with E-state index in [1.807, 2.05) is 0 Å². The zero-order valence-electron chi connectivity index (χ0n) is 9.91. The molecule has 1 rings (SSSR count). The molecule has 19 heavy (non-hydrogen) atoms. The van der Waals surface area contributed by atoms with Gasteiger partial charge < -0.3 is 20.3 Å². The largest absolute Gasteiger partial charge is 0.481 e. The maximum atomic E-state index is 11.4. The van der Waals surface area contributed by atoms with Crippen LogP contribution in [-0.4, -0.2) is 34.8 Å². The molecule has 0 aliphatic rings. The lowest BCUT2D eigenvalue weighted by molar-refractivity contribution is -0.148. The molecular formula is C12H13NO6. The summed E-state index contributed by atoms with van der Waals surface area (Å²) in [5.41, 5.74) is 0. The van der Waals surface area contributed by atoms with E-state index >= 15 is 0 Å². The summed E-state index contributed by atoms with van der Waals surface area (Å²) < 4.78 is 4.86. The normalized spacial score (nSPS) is 11.4. The van der Waals surface area contributed by atoms with Crippen LogP contribution in [0.5, 0.6) is 5.75 Å². The molecule has 0 bridgehead atoms. The van der Waals surface area contributed by atoms with Gasteiger partial charge in [0.25, 0.3) is 0 Å². The van der Waals surface area contributed by atoms with E-state index < -0.39 is 30.4 Å². The van der Waals surface area contributed by atoms with Gasteiger partial charge in [-0.05, 0) is 12.1 Å². The first-order valence-corrected chi connectivity index (χ1v) is 5.44. The molecule has 1 unspecified atom stereocenters. The number of benzene rings is 1. The fraction of sp³-hybridized carbons (Fsp3) is 0.250. The fourth-order valence-corrected chi connectivity index (χ4v) is 1.30. The fourth-order valence-electron chi connectivity index (χ4n) is 1.30. The third kappa shape index (κ3) is 5.53. The summed E-state index contributed by atoms with van der Waals surface area (Å²) in [6.07, 6.45) is -1.40. The molecule has 0 spiro atoms. The molecule has 7 heteroatoms. The molecule has 1 amide bonds. The first kappa shape index (κ1) is 14.5. The number of hydrogen-bond donors (Lipinski definition) is 3. The number of amides is 1. The highest BCUT2D eigenvalue weighted by molar-refractivity contribution is 5.79. The molecule has 0 heterocycles. The van der Waals surface area contributed by atoms with Crippen molar-refractivity contribution in [1.82, 2.24) is 5.32 Å². The number of carbonyl (C=O) groups excluding carboxylic acids is 1. The molecule has 0 radical (unpaired) electrons. The molecule has 1 aromatic rings. The maximum absolute atomic E-state index is 11.4. The van der Waals surface area contributed by atoms with Gasteiger partial charge in [0.05, 0.1) is 12.3 Å². The minimum absolute atomic E-state index is 0.310. The van der Waals surface area contributed by atoms with Crippen molar-refractivity contribution < 1.29 is 29.3 Å². The number of para-hydroxylation sites is 1. The second-order valence-electron chi connectivity index (χ2n) is 3.72. The number of rotatable bonds is 6. The molecule has 3 N–H and O–H groups in total. The summed E-state index contributed by atoms with van der Waals surface area (Å²) in [5.74, 6) is -3.42. The highest BCUT2D eigenvalue weighted by Gasteiger charge is 2.21. The minimum atomic E-state index is -1.29. The average molecular weight is 267 g/mol. The lowest BCUT2D eigenvalue weighted by Crippen LogP contribution is -2.35. The Labute approximate surface area is 108 Å². The molecule has 102 valence electrons. The van der Waals surface area contributed by atoms with E-state index in [-0.39, 0.29) is 6.54 Å². The monoisotopic (exact) mass is 267 g/mol. The second-order valence-corrected chi connectivity index (χ2v) is 3.72. The number of aliphatic carboxylic acids is 2. The maximum Gasteiger partial charge on any atom is 0.412 e. The molecule has 0 fully saturated rings. The quantitative estimate of drug-likeness (QED) is 0.707. The van der Waals surface area contributed by atoms with Crippen LogP contribution in [0.25, 0.3) is 0 Å². The van der Waals surface area contributed by atoms with Crippen LogP contribution < -0.4 is 10.1 Å². The van der Waals surface area contributed by atoms with Crippen LogP contribution in [-0.2, 0) is 9.59 Å². The van der Waals surface area contributed by atoms with Gasteiger partial charge in [0, 0.05) is 6.54 Å². The van der Waals surface area contributed by atoms with Crippen LogP contribution in [0.1, 0.15) is 6.42 Å². The topological polar surface area (TPSA) is 113 Å². The molecule has 0 saturated carbocycles. The van der Waals surface area contributed by atoms with Gasteiger partial charge in [0.1, 0.15) is 5.75 Å². The van der Waals surface area contributed by atoms with Gasteiger partial charge in [0.2, 0.25) is 0 Å². The zero-order valence-corrected chi connectivity index (χ0v) is 9.91. The number of hydrogen-bond acceptors (Lipinski definition) is 4. The Kier molecular flexibility index (Phi) is 5.34. The smallest absolute Gasteiger partial charge is 0.412 e. The van der Waals surface area contributed by atoms with Crippen LogP contribution >= 0.6 is 0 Å². The van der Waals surface area contributed by atoms with Crippen molar-refractivity contribution in [2.24, 2.45) is 5.92 Å². The average Bonchev–Trinajstić information content (AvgIpc) is 2.35. The van der Waals surface area contributed by atoms with E-state index in [0.717, 1.165) is 0 Å². The van der Waals surface area contributed by atoms with Crippen molar-refractivity contribution in [3.63, 3.8) is 0 Å². The Morgan fingerprint density at radius 1 is 1.16 bits per heavy atom. The number of carbonyl (C=O) groups is 3. The van der Waals surface area contributed by atoms with Gasteiger partial charge in [-0.2, -0.15) is 0 Å². The van der Waals surface area contributed by atoms with Crippen molar-refractivity contribution in [2.45, 2.75) is 6.42 Å². The molecule has 0 aliphatic carbocycles. The molecule has 1 aromatic carbocycles. The summed E-state index contributed by atoms with van der Waals surface area (Å²) >= 11 is 0. The Hall–Kier alpha value is -2.57. The van der Waals surface area contributed by atoms with Gasteiger partial charge >= 0.3 is 18.0 Å². The molecule has 0 saturated heterocycles. The van der Waals surface area contributed by atoms with Crippen molar-refractivity contribution in [1.29, 1.82) is 0 Å². The van der Waals surface area contributed by atoms with Gasteiger partial charge in [0.15, 0.2) is 0 Å². The van der Waals surface area contributed by atoms with Crippen molar-refractivity contribution in [3.8, 4) is 5.75 Å². The van der Waals surface area contributed by atoms with Crippen molar-refractivity contribution in [3.05, 3.63) is 30.3 Å². The minimum Gasteiger partial charge on any atom is -0.481 e. The first-order chi connectivity index (χ1) is 8.99. The molecule has 0 aromatic heterocycles. The number of nitrogens with one attached hydrogen (secondary N) is 1. The van der Waals surface area contributed by atoms with Gasteiger partial charge in [-0.25, -0.2) is 4.79 Å². The van der Waals surface area contributed by atoms with E-state index in [1.165, 1.54) is 0 Å². The molecule has 1 atom stereocenters. The Morgan fingerprint density at radius 2 is 1.79 bits per heavy atom. The SMILES string of the molecule is O=C(O)CC(CNC(=O)Oc1ccccc1)C(=O)O. The molecular weight excluding hydrogens is 254 g/mol. The van der Waals surface area contributed by atoms with Crippen LogP contribution in [0.3, 0.4) is 0 Å². The van der Waals surface area contributed by atoms with Crippen LogP contribution in [0.15, 0.2) is 30.3 Å². The van der Waals surface area contributed by atoms with Crippen LogP contribution in [0.2, 0.25) is 0 Å². The predicted octanol–water partition coefficient (Wildman–Crippen LogP) is 0.951. The van der Waals surface area contributed by atoms with Gasteiger partial charge in [-0.3, -0.25) is 9.59 Å². The van der Waals surface area contributed by atoms with Gasteiger partial charge in [-0.1, -0.05) is 18.2 Å². The van der Waals surface area contributed by atoms with Crippen LogP contribution in [0, 0.1) is 5.92 Å². The van der Waals surface area contributed by atoms with E-state index in [9.17, 15) is 14.4 Å². The molecule has 0 aliphatic heterocycles. The predicted molar refractivity (Wildman–Crippen MR) is 63.8 cm³/mol. The highest BCUT2D eigenvalue weighted by Crippen LogP contribution is 2.08. The highest BCUT2D eigenvalue weighted by atomic mass is 16.6. The number of carboxylic acids is 2. The summed E-state index contributed by atoms with van der Waals surface area (Å²) in [6.45, 7) is -0.312. The van der Waals surface area contributed by atoms with E-state index in [2.05, 4.69) is 5.32 Å². The van der Waals surface area contributed by atoms with Crippen LogP contribution in [0.4, 0.5) is 4.79 Å². The van der Waals surface area contributed by atoms with Crippen molar-refractivity contribution in [2.75, 3.05) is 6.54 Å². The third-order valence-corrected chi connectivity index (χ3v) is 2.22. The van der Waals surface area contributed by atoms with E-state index in [0.29, 0.717) is 5.75 Å². The lowest BCUT2D eigenvalue weighted by Gasteiger charge is -2.11. The Balaban J connectivity index is 2.44.